The molecule has 4 aromatic rings. The number of hydrogen-bond acceptors (Lipinski definition) is 8. The van der Waals surface area contributed by atoms with E-state index in [1.54, 1.807) is 31.3 Å². The first-order chi connectivity index (χ1) is 20.6. The highest BCUT2D eigenvalue weighted by molar-refractivity contribution is 7.89. The highest BCUT2D eigenvalue weighted by atomic mass is 32.2. The van der Waals surface area contributed by atoms with E-state index < -0.39 is 34.2 Å². The maximum Gasteiger partial charge on any atom is 0.304 e. The van der Waals surface area contributed by atoms with E-state index in [2.05, 4.69) is 15.2 Å². The van der Waals surface area contributed by atoms with Gasteiger partial charge in [0, 0.05) is 37.9 Å². The maximum atomic E-state index is 14.0. The number of hydrogen-bond donors (Lipinski definition) is 1. The third-order valence-corrected chi connectivity index (χ3v) is 10.1. The zero-order chi connectivity index (χ0) is 30.5. The van der Waals surface area contributed by atoms with Gasteiger partial charge >= 0.3 is 5.97 Å². The molecule has 14 heteroatoms. The van der Waals surface area contributed by atoms with Gasteiger partial charge in [-0.15, -0.1) is 10.2 Å². The van der Waals surface area contributed by atoms with E-state index in [1.807, 2.05) is 30.0 Å². The quantitative estimate of drug-likeness (QED) is 0.332. The first kappa shape index (κ1) is 29.1. The number of rotatable bonds is 7. The molecule has 1 unspecified atom stereocenters. The number of carboxylic acids is 1. The minimum absolute atomic E-state index is 0.0560. The van der Waals surface area contributed by atoms with Crippen molar-refractivity contribution in [1.29, 1.82) is 0 Å². The summed E-state index contributed by atoms with van der Waals surface area (Å²) in [6, 6.07) is 10.1. The molecule has 43 heavy (non-hydrogen) atoms. The van der Waals surface area contributed by atoms with Crippen LogP contribution in [0.15, 0.2) is 53.7 Å². The second kappa shape index (κ2) is 11.2. The highest BCUT2D eigenvalue weighted by Crippen LogP contribution is 2.36. The van der Waals surface area contributed by atoms with Crippen molar-refractivity contribution in [1.82, 2.24) is 23.9 Å². The van der Waals surface area contributed by atoms with E-state index >= 15 is 0 Å². The Kier molecular flexibility index (Phi) is 7.60. The number of pyridine rings is 2. The van der Waals surface area contributed by atoms with E-state index in [1.165, 1.54) is 14.9 Å². The van der Waals surface area contributed by atoms with Crippen LogP contribution in [0.2, 0.25) is 0 Å². The highest BCUT2D eigenvalue weighted by Gasteiger charge is 2.39. The minimum atomic E-state index is -3.93. The van der Waals surface area contributed by atoms with Crippen LogP contribution in [-0.4, -0.2) is 75.7 Å². The molecule has 1 N–H and O–H groups in total. The van der Waals surface area contributed by atoms with Crippen LogP contribution in [-0.2, 0) is 26.1 Å². The molecule has 226 valence electrons. The molecular weight excluding hydrogens is 582 g/mol. The van der Waals surface area contributed by atoms with Gasteiger partial charge < -0.3 is 14.7 Å². The van der Waals surface area contributed by atoms with Gasteiger partial charge in [0.25, 0.3) is 6.43 Å². The van der Waals surface area contributed by atoms with Gasteiger partial charge in [-0.05, 0) is 59.9 Å². The standard InChI is InChI=1S/C29H30F2N6O5S/c1-17-5-6-19(23(13-25(38)39)22-7-9-37-27(18(22)2)33-34-29(37)26(30)31)12-20(17)14-35-15-21-16-42-11-10-36(21)28-24(43(35,40)41)4-3-8-32-28/h3-9,12,21,23,26H,10-11,13-16H2,1-2H3,(H,38,39)/t21-,23?/m1/s1. The molecule has 0 amide bonds. The molecule has 0 saturated carbocycles. The van der Waals surface area contributed by atoms with Crippen LogP contribution in [0.25, 0.3) is 5.65 Å². The average Bonchev–Trinajstić information content (AvgIpc) is 3.39. The summed E-state index contributed by atoms with van der Waals surface area (Å²) in [5.74, 6) is -1.77. The number of carbonyl (C=O) groups is 1. The molecule has 0 bridgehead atoms. The lowest BCUT2D eigenvalue weighted by molar-refractivity contribution is -0.137. The second-order valence-electron chi connectivity index (χ2n) is 10.8. The van der Waals surface area contributed by atoms with Gasteiger partial charge in [0.2, 0.25) is 15.8 Å². The fourth-order valence-electron chi connectivity index (χ4n) is 6.00. The first-order valence-corrected chi connectivity index (χ1v) is 15.2. The molecule has 2 aliphatic heterocycles. The van der Waals surface area contributed by atoms with E-state index in [9.17, 15) is 27.1 Å². The SMILES string of the molecule is Cc1ccc(C(CC(=O)O)c2ccn3c(C(F)F)nnc3c2C)cc1CN1C[C@@H]2COCCN2c2ncccc2S1(=O)=O. The third-order valence-electron chi connectivity index (χ3n) is 8.25. The van der Waals surface area contributed by atoms with Crippen LogP contribution < -0.4 is 4.90 Å². The van der Waals surface area contributed by atoms with Crippen molar-refractivity contribution in [2.24, 2.45) is 0 Å². The Morgan fingerprint density at radius 1 is 1.19 bits per heavy atom. The fraction of sp³-hybridized carbons (Fsp3) is 0.379. The molecule has 2 aliphatic rings. The first-order valence-electron chi connectivity index (χ1n) is 13.8. The molecule has 3 aromatic heterocycles. The molecule has 11 nitrogen and oxygen atoms in total. The summed E-state index contributed by atoms with van der Waals surface area (Å²) >= 11 is 0. The zero-order valence-electron chi connectivity index (χ0n) is 23.5. The predicted octanol–water partition coefficient (Wildman–Crippen LogP) is 3.70. The normalized spacial score (nSPS) is 19.2. The Morgan fingerprint density at radius 2 is 2.00 bits per heavy atom. The summed E-state index contributed by atoms with van der Waals surface area (Å²) < 4.78 is 63.1. The summed E-state index contributed by atoms with van der Waals surface area (Å²) in [4.78, 5) is 18.6. The van der Waals surface area contributed by atoms with Gasteiger partial charge in [0.05, 0.1) is 25.7 Å². The van der Waals surface area contributed by atoms with E-state index in [0.717, 1.165) is 5.56 Å². The Morgan fingerprint density at radius 3 is 2.77 bits per heavy atom. The van der Waals surface area contributed by atoms with Crippen molar-refractivity contribution in [2.45, 2.75) is 50.1 Å². The van der Waals surface area contributed by atoms with Crippen LogP contribution in [0.4, 0.5) is 14.6 Å². The summed E-state index contributed by atoms with van der Waals surface area (Å²) in [5.41, 5.74) is 3.57. The Bertz CT molecular complexity index is 1810. The van der Waals surface area contributed by atoms with Crippen molar-refractivity contribution in [3.05, 3.63) is 82.4 Å². The number of ether oxygens (including phenoxy) is 1. The number of carboxylic acid groups (broad SMARTS) is 1. The average molecular weight is 613 g/mol. The molecule has 0 spiro atoms. The van der Waals surface area contributed by atoms with Crippen molar-refractivity contribution < 1.29 is 31.8 Å². The van der Waals surface area contributed by atoms with Gasteiger partial charge in [0.15, 0.2) is 5.65 Å². The van der Waals surface area contributed by atoms with Crippen LogP contribution in [0.3, 0.4) is 0 Å². The number of sulfonamides is 1. The number of anilines is 1. The van der Waals surface area contributed by atoms with Crippen molar-refractivity contribution in [3.63, 3.8) is 0 Å². The minimum Gasteiger partial charge on any atom is -0.481 e. The number of morpholine rings is 1. The van der Waals surface area contributed by atoms with Gasteiger partial charge in [-0.3, -0.25) is 9.20 Å². The van der Waals surface area contributed by atoms with E-state index in [0.29, 0.717) is 47.8 Å². The number of benzene rings is 1. The lowest BCUT2D eigenvalue weighted by atomic mass is 9.85. The van der Waals surface area contributed by atoms with Gasteiger partial charge in [0.1, 0.15) is 10.7 Å². The third kappa shape index (κ3) is 5.23. The lowest BCUT2D eigenvalue weighted by Crippen LogP contribution is -2.50. The number of fused-ring (bicyclic) bond motifs is 4. The molecule has 1 aromatic carbocycles. The summed E-state index contributed by atoms with van der Waals surface area (Å²) in [6.45, 7) is 5.18. The van der Waals surface area contributed by atoms with Crippen molar-refractivity contribution in [2.75, 3.05) is 31.2 Å². The maximum absolute atomic E-state index is 14.0. The molecule has 0 aliphatic carbocycles. The number of nitrogens with zero attached hydrogens (tertiary/aromatic N) is 6. The monoisotopic (exact) mass is 612 g/mol. The number of halogens is 2. The zero-order valence-corrected chi connectivity index (χ0v) is 24.3. The summed E-state index contributed by atoms with van der Waals surface area (Å²) in [6.07, 6.45) is -0.0823. The number of aromatic nitrogens is 4. The van der Waals surface area contributed by atoms with Crippen LogP contribution in [0.5, 0.6) is 0 Å². The Hall–Kier alpha value is -4.01. The summed E-state index contributed by atoms with van der Waals surface area (Å²) in [5, 5.41) is 17.4. The lowest BCUT2D eigenvalue weighted by Gasteiger charge is -2.36. The fourth-order valence-corrected chi connectivity index (χ4v) is 7.60. The Labute approximate surface area is 246 Å². The molecule has 2 atom stereocenters. The summed E-state index contributed by atoms with van der Waals surface area (Å²) in [7, 11) is -3.93. The van der Waals surface area contributed by atoms with Crippen LogP contribution >= 0.6 is 0 Å². The molecule has 6 rings (SSSR count). The largest absolute Gasteiger partial charge is 0.481 e. The molecular formula is C29H30F2N6O5S. The van der Waals surface area contributed by atoms with Gasteiger partial charge in [-0.25, -0.2) is 22.2 Å². The van der Waals surface area contributed by atoms with Gasteiger partial charge in [-0.1, -0.05) is 18.2 Å². The van der Waals surface area contributed by atoms with Gasteiger partial charge in [-0.2, -0.15) is 4.31 Å². The van der Waals surface area contributed by atoms with Crippen LogP contribution in [0, 0.1) is 13.8 Å². The molecule has 1 fully saturated rings. The molecule has 0 radical (unpaired) electrons. The molecule has 5 heterocycles. The van der Waals surface area contributed by atoms with E-state index in [4.69, 9.17) is 4.74 Å². The second-order valence-corrected chi connectivity index (χ2v) is 12.7. The number of alkyl halides is 2. The number of aryl methyl sites for hydroxylation is 2. The van der Waals surface area contributed by atoms with E-state index in [-0.39, 0.29) is 36.1 Å². The van der Waals surface area contributed by atoms with Crippen LogP contribution in [0.1, 0.15) is 52.4 Å². The Balaban J connectivity index is 1.40. The molecule has 1 saturated heterocycles. The van der Waals surface area contributed by atoms with Crippen molar-refractivity contribution in [3.8, 4) is 0 Å². The smallest absolute Gasteiger partial charge is 0.304 e. The predicted molar refractivity (Wildman–Crippen MR) is 152 cm³/mol. The number of aliphatic carboxylic acids is 1. The van der Waals surface area contributed by atoms with Crippen molar-refractivity contribution >= 4 is 27.5 Å². The topological polar surface area (TPSA) is 130 Å².